The molecule has 17 heavy (non-hydrogen) atoms. The molecule has 0 aromatic rings. The van der Waals surface area contributed by atoms with Gasteiger partial charge in [0.15, 0.2) is 0 Å². The monoisotopic (exact) mass is 240 g/mol. The molecule has 4 heteroatoms. The Kier molecular flexibility index (Phi) is 4.80. The third-order valence-corrected chi connectivity index (χ3v) is 3.71. The van der Waals surface area contributed by atoms with Crippen LogP contribution in [0.4, 0.5) is 0 Å². The summed E-state index contributed by atoms with van der Waals surface area (Å²) < 4.78 is 5.50. The second-order valence-electron chi connectivity index (χ2n) is 5.11. The average Bonchev–Trinajstić information content (AvgIpc) is 3.02. The lowest BCUT2D eigenvalue weighted by atomic mass is 10.1. The third kappa shape index (κ3) is 3.96. The number of nitrogens with zero attached hydrogens (tertiary/aromatic N) is 1. The van der Waals surface area contributed by atoms with Crippen LogP contribution >= 0.6 is 0 Å². The van der Waals surface area contributed by atoms with E-state index < -0.39 is 0 Å². The molecule has 0 radical (unpaired) electrons. The Balaban J connectivity index is 1.55. The number of likely N-dealkylation sites (N-methyl/N-ethyl adjacent to an activating group) is 1. The fourth-order valence-corrected chi connectivity index (χ4v) is 2.48. The summed E-state index contributed by atoms with van der Waals surface area (Å²) in [6, 6.07) is 0.509. The molecule has 1 saturated carbocycles. The summed E-state index contributed by atoms with van der Waals surface area (Å²) in [7, 11) is 0. The zero-order valence-electron chi connectivity index (χ0n) is 10.8. The summed E-state index contributed by atoms with van der Waals surface area (Å²) in [5, 5.41) is 3.34. The number of hydrogen-bond acceptors (Lipinski definition) is 3. The van der Waals surface area contributed by atoms with Gasteiger partial charge in [-0.15, -0.1) is 0 Å². The molecule has 0 bridgehead atoms. The Morgan fingerprint density at radius 2 is 2.24 bits per heavy atom. The van der Waals surface area contributed by atoms with Crippen molar-refractivity contribution in [2.24, 2.45) is 5.92 Å². The molecule has 4 nitrogen and oxygen atoms in total. The van der Waals surface area contributed by atoms with Crippen LogP contribution in [0.15, 0.2) is 0 Å². The fourth-order valence-electron chi connectivity index (χ4n) is 2.48. The molecule has 2 rings (SSSR count). The molecule has 1 unspecified atom stereocenters. The van der Waals surface area contributed by atoms with Gasteiger partial charge < -0.3 is 15.0 Å². The van der Waals surface area contributed by atoms with Crippen molar-refractivity contribution in [3.63, 3.8) is 0 Å². The van der Waals surface area contributed by atoms with Crippen LogP contribution in [0.3, 0.4) is 0 Å². The van der Waals surface area contributed by atoms with E-state index in [1.807, 2.05) is 11.8 Å². The van der Waals surface area contributed by atoms with Gasteiger partial charge in [0.25, 0.3) is 0 Å². The van der Waals surface area contributed by atoms with Gasteiger partial charge in [0.05, 0.1) is 0 Å². The summed E-state index contributed by atoms with van der Waals surface area (Å²) in [6.07, 6.45) is 4.68. The average molecular weight is 240 g/mol. The number of amides is 1. The zero-order chi connectivity index (χ0) is 12.1. The van der Waals surface area contributed by atoms with E-state index in [4.69, 9.17) is 4.74 Å². The molecule has 1 saturated heterocycles. The van der Waals surface area contributed by atoms with E-state index in [1.54, 1.807) is 0 Å². The minimum atomic E-state index is 0.166. The Morgan fingerprint density at radius 3 is 2.82 bits per heavy atom. The van der Waals surface area contributed by atoms with Gasteiger partial charge >= 0.3 is 0 Å². The number of nitrogens with one attached hydrogen (secondary N) is 1. The molecule has 0 aromatic carbocycles. The van der Waals surface area contributed by atoms with E-state index in [-0.39, 0.29) is 12.5 Å². The normalized spacial score (nSPS) is 23.9. The van der Waals surface area contributed by atoms with Gasteiger partial charge in [-0.2, -0.15) is 0 Å². The van der Waals surface area contributed by atoms with Crippen LogP contribution < -0.4 is 5.32 Å². The SMILES string of the molecule is CCN(C(=O)COCCC1CCNC1)C1CC1. The lowest BCUT2D eigenvalue weighted by molar-refractivity contribution is -0.136. The summed E-state index contributed by atoms with van der Waals surface area (Å²) in [6.45, 7) is 6.10. The van der Waals surface area contributed by atoms with Crippen LogP contribution in [-0.2, 0) is 9.53 Å². The van der Waals surface area contributed by atoms with Crippen LogP contribution in [0.2, 0.25) is 0 Å². The zero-order valence-corrected chi connectivity index (χ0v) is 10.8. The Labute approximate surface area is 104 Å². The van der Waals surface area contributed by atoms with Gasteiger partial charge in [-0.3, -0.25) is 4.79 Å². The summed E-state index contributed by atoms with van der Waals surface area (Å²) in [5.41, 5.74) is 0. The fraction of sp³-hybridized carbons (Fsp3) is 0.923. The van der Waals surface area contributed by atoms with Gasteiger partial charge in [-0.05, 0) is 51.6 Å². The minimum absolute atomic E-state index is 0.166. The molecule has 1 amide bonds. The summed E-state index contributed by atoms with van der Waals surface area (Å²) in [4.78, 5) is 13.8. The lowest BCUT2D eigenvalue weighted by Gasteiger charge is -2.20. The van der Waals surface area contributed by atoms with E-state index in [0.717, 1.165) is 38.6 Å². The highest BCUT2D eigenvalue weighted by molar-refractivity contribution is 5.78. The van der Waals surface area contributed by atoms with Crippen LogP contribution in [0.25, 0.3) is 0 Å². The van der Waals surface area contributed by atoms with Crippen molar-refractivity contribution >= 4 is 5.91 Å². The summed E-state index contributed by atoms with van der Waals surface area (Å²) >= 11 is 0. The van der Waals surface area contributed by atoms with Gasteiger partial charge in [-0.1, -0.05) is 0 Å². The third-order valence-electron chi connectivity index (χ3n) is 3.71. The van der Waals surface area contributed by atoms with Gasteiger partial charge in [0, 0.05) is 19.2 Å². The minimum Gasteiger partial charge on any atom is -0.372 e. The first-order valence-electron chi connectivity index (χ1n) is 6.89. The molecular formula is C13H24N2O2. The van der Waals surface area contributed by atoms with E-state index >= 15 is 0 Å². The quantitative estimate of drug-likeness (QED) is 0.675. The van der Waals surface area contributed by atoms with Crippen molar-refractivity contribution in [3.8, 4) is 0 Å². The second-order valence-corrected chi connectivity index (χ2v) is 5.11. The van der Waals surface area contributed by atoms with Crippen LogP contribution in [0, 0.1) is 5.92 Å². The van der Waals surface area contributed by atoms with Crippen LogP contribution in [0.1, 0.15) is 32.6 Å². The maximum Gasteiger partial charge on any atom is 0.248 e. The molecule has 2 fully saturated rings. The Morgan fingerprint density at radius 1 is 1.41 bits per heavy atom. The van der Waals surface area contributed by atoms with Gasteiger partial charge in [-0.25, -0.2) is 0 Å². The van der Waals surface area contributed by atoms with Crippen LogP contribution in [0.5, 0.6) is 0 Å². The topological polar surface area (TPSA) is 41.6 Å². The van der Waals surface area contributed by atoms with Crippen molar-refractivity contribution in [2.45, 2.75) is 38.6 Å². The number of carbonyl (C=O) groups excluding carboxylic acids is 1. The number of ether oxygens (including phenoxy) is 1. The van der Waals surface area contributed by atoms with E-state index in [1.165, 1.54) is 19.3 Å². The van der Waals surface area contributed by atoms with Gasteiger partial charge in [0.1, 0.15) is 6.61 Å². The number of rotatable bonds is 7. The molecule has 2 aliphatic rings. The molecular weight excluding hydrogens is 216 g/mol. The van der Waals surface area contributed by atoms with Crippen molar-refractivity contribution < 1.29 is 9.53 Å². The van der Waals surface area contributed by atoms with Crippen LogP contribution in [-0.4, -0.2) is 49.7 Å². The van der Waals surface area contributed by atoms with E-state index in [9.17, 15) is 4.79 Å². The highest BCUT2D eigenvalue weighted by atomic mass is 16.5. The predicted octanol–water partition coefficient (Wildman–Crippen LogP) is 1.01. The largest absolute Gasteiger partial charge is 0.372 e. The molecule has 0 aromatic heterocycles. The molecule has 1 N–H and O–H groups in total. The van der Waals surface area contributed by atoms with Crippen molar-refractivity contribution in [1.82, 2.24) is 10.2 Å². The maximum atomic E-state index is 11.8. The van der Waals surface area contributed by atoms with Crippen molar-refractivity contribution in [2.75, 3.05) is 32.8 Å². The van der Waals surface area contributed by atoms with Gasteiger partial charge in [0.2, 0.25) is 5.91 Å². The smallest absolute Gasteiger partial charge is 0.248 e. The first kappa shape index (κ1) is 12.8. The first-order valence-corrected chi connectivity index (χ1v) is 6.89. The second kappa shape index (κ2) is 6.36. The van der Waals surface area contributed by atoms with E-state index in [0.29, 0.717) is 6.04 Å². The van der Waals surface area contributed by atoms with Crippen molar-refractivity contribution in [3.05, 3.63) is 0 Å². The molecule has 1 aliphatic carbocycles. The molecule has 1 aliphatic heterocycles. The molecule has 0 spiro atoms. The van der Waals surface area contributed by atoms with Crippen molar-refractivity contribution in [1.29, 1.82) is 0 Å². The predicted molar refractivity (Wildman–Crippen MR) is 66.8 cm³/mol. The standard InChI is InChI=1S/C13H24N2O2/c1-2-15(12-3-4-12)13(16)10-17-8-6-11-5-7-14-9-11/h11-12,14H,2-10H2,1H3. The number of carbonyl (C=O) groups is 1. The first-order chi connectivity index (χ1) is 8.31. The Bertz CT molecular complexity index is 248. The summed E-state index contributed by atoms with van der Waals surface area (Å²) in [5.74, 6) is 0.912. The highest BCUT2D eigenvalue weighted by Crippen LogP contribution is 2.26. The highest BCUT2D eigenvalue weighted by Gasteiger charge is 2.31. The van der Waals surface area contributed by atoms with E-state index in [2.05, 4.69) is 5.32 Å². The number of hydrogen-bond donors (Lipinski definition) is 1. The maximum absolute atomic E-state index is 11.8. The molecule has 98 valence electrons. The molecule has 1 heterocycles. The Hall–Kier alpha value is -0.610. The molecule has 1 atom stereocenters. The lowest BCUT2D eigenvalue weighted by Crippen LogP contribution is -2.35.